The summed E-state index contributed by atoms with van der Waals surface area (Å²) in [4.78, 5) is 20.2. The van der Waals surface area contributed by atoms with E-state index in [4.69, 9.17) is 5.73 Å². The van der Waals surface area contributed by atoms with E-state index in [1.807, 2.05) is 11.9 Å². The van der Waals surface area contributed by atoms with Gasteiger partial charge in [0.2, 0.25) is 0 Å². The Balaban J connectivity index is 2.38. The van der Waals surface area contributed by atoms with Crippen LogP contribution in [0.1, 0.15) is 47.8 Å². The Hall–Kier alpha value is -2.97. The van der Waals surface area contributed by atoms with Crippen molar-refractivity contribution in [2.75, 3.05) is 19.3 Å². The summed E-state index contributed by atoms with van der Waals surface area (Å²) < 4.78 is 52.9. The molecule has 0 aliphatic rings. The summed E-state index contributed by atoms with van der Waals surface area (Å²) in [5.74, 6) is -1.66. The molecule has 0 unspecified atom stereocenters. The molecule has 1 aromatic heterocycles. The molecule has 0 fully saturated rings. The third kappa shape index (κ3) is 5.75. The van der Waals surface area contributed by atoms with Gasteiger partial charge in [0.15, 0.2) is 17.8 Å². The zero-order valence-corrected chi connectivity index (χ0v) is 16.1. The van der Waals surface area contributed by atoms with Crippen LogP contribution in [0.5, 0.6) is 0 Å². The lowest BCUT2D eigenvalue weighted by molar-refractivity contribution is -0.140. The van der Waals surface area contributed by atoms with Crippen molar-refractivity contribution in [3.63, 3.8) is 0 Å². The van der Waals surface area contributed by atoms with Gasteiger partial charge in [0.25, 0.3) is 0 Å². The predicted octanol–water partition coefficient (Wildman–Crippen LogP) is 4.79. The molecule has 2 N–H and O–H groups in total. The number of halogens is 4. The van der Waals surface area contributed by atoms with Crippen molar-refractivity contribution in [2.24, 2.45) is 0 Å². The van der Waals surface area contributed by atoms with Gasteiger partial charge in [0.1, 0.15) is 5.82 Å². The smallest absolute Gasteiger partial charge is 0.382 e. The van der Waals surface area contributed by atoms with Crippen LogP contribution >= 0.6 is 0 Å². The van der Waals surface area contributed by atoms with Crippen LogP contribution in [0.25, 0.3) is 17.3 Å². The standard InChI is InChI=1S/C20H22F4N4O/c1-3-4-5-7-28(2)8-6-13-9-15(16(21)10-14(13)12-29)17-11-26-18(19(25)27-17)20(22,23)24/h6,8-12H,3-5,7H2,1-2H3,(H2,25,27)/b8-6-. The Kier molecular flexibility index (Phi) is 7.30. The van der Waals surface area contributed by atoms with E-state index in [-0.39, 0.29) is 16.8 Å². The van der Waals surface area contributed by atoms with Crippen molar-refractivity contribution < 1.29 is 22.4 Å². The highest BCUT2D eigenvalue weighted by Crippen LogP contribution is 2.33. The van der Waals surface area contributed by atoms with E-state index in [1.165, 1.54) is 6.07 Å². The fraction of sp³-hybridized carbons (Fsp3) is 0.350. The van der Waals surface area contributed by atoms with Gasteiger partial charge in [-0.05, 0) is 36.4 Å². The van der Waals surface area contributed by atoms with Crippen molar-refractivity contribution in [1.82, 2.24) is 14.9 Å². The van der Waals surface area contributed by atoms with Crippen LogP contribution in [0, 0.1) is 5.82 Å². The van der Waals surface area contributed by atoms with Gasteiger partial charge < -0.3 is 10.6 Å². The van der Waals surface area contributed by atoms with Gasteiger partial charge in [0, 0.05) is 24.7 Å². The van der Waals surface area contributed by atoms with Gasteiger partial charge >= 0.3 is 6.18 Å². The van der Waals surface area contributed by atoms with Crippen molar-refractivity contribution >= 4 is 18.2 Å². The van der Waals surface area contributed by atoms with E-state index in [1.54, 1.807) is 12.3 Å². The van der Waals surface area contributed by atoms with Crippen molar-refractivity contribution in [3.05, 3.63) is 47.2 Å². The highest BCUT2D eigenvalue weighted by molar-refractivity contribution is 5.84. The summed E-state index contributed by atoms with van der Waals surface area (Å²) in [5.41, 5.74) is 4.27. The molecule has 0 radical (unpaired) electrons. The summed E-state index contributed by atoms with van der Waals surface area (Å²) in [6.07, 6.45) is 3.14. The van der Waals surface area contributed by atoms with Crippen LogP contribution in [0.2, 0.25) is 0 Å². The monoisotopic (exact) mass is 410 g/mol. The minimum atomic E-state index is -4.76. The maximum absolute atomic E-state index is 14.4. The topological polar surface area (TPSA) is 72.1 Å². The van der Waals surface area contributed by atoms with E-state index in [2.05, 4.69) is 16.9 Å². The zero-order valence-electron chi connectivity index (χ0n) is 16.1. The lowest BCUT2D eigenvalue weighted by Crippen LogP contribution is -2.13. The number of aromatic nitrogens is 2. The minimum Gasteiger partial charge on any atom is -0.382 e. The number of anilines is 1. The number of nitrogen functional groups attached to an aromatic ring is 1. The third-order valence-corrected chi connectivity index (χ3v) is 4.27. The largest absolute Gasteiger partial charge is 0.437 e. The molecular weight excluding hydrogens is 388 g/mol. The lowest BCUT2D eigenvalue weighted by atomic mass is 10.0. The van der Waals surface area contributed by atoms with Gasteiger partial charge in [0.05, 0.1) is 11.9 Å². The Morgan fingerprint density at radius 3 is 2.52 bits per heavy atom. The number of alkyl halides is 3. The molecule has 0 saturated carbocycles. The first-order chi connectivity index (χ1) is 13.7. The quantitative estimate of drug-likeness (QED) is 0.385. The minimum absolute atomic E-state index is 0.100. The van der Waals surface area contributed by atoms with E-state index < -0.39 is 23.5 Å². The first-order valence-corrected chi connectivity index (χ1v) is 9.04. The Bertz CT molecular complexity index is 897. The van der Waals surface area contributed by atoms with Crippen LogP contribution < -0.4 is 5.73 Å². The normalized spacial score (nSPS) is 11.8. The predicted molar refractivity (Wildman–Crippen MR) is 103 cm³/mol. The highest BCUT2D eigenvalue weighted by Gasteiger charge is 2.36. The summed E-state index contributed by atoms with van der Waals surface area (Å²) in [6.45, 7) is 2.92. The van der Waals surface area contributed by atoms with E-state index in [0.29, 0.717) is 11.8 Å². The second-order valence-electron chi connectivity index (χ2n) is 6.57. The summed E-state index contributed by atoms with van der Waals surface area (Å²) in [5, 5.41) is 0. The van der Waals surface area contributed by atoms with Crippen LogP contribution in [-0.4, -0.2) is 34.7 Å². The Labute approximate surface area is 166 Å². The van der Waals surface area contributed by atoms with Crippen molar-refractivity contribution in [2.45, 2.75) is 32.4 Å². The molecule has 0 amide bonds. The molecule has 0 bridgehead atoms. The van der Waals surface area contributed by atoms with Crippen LogP contribution in [-0.2, 0) is 6.18 Å². The molecule has 1 aromatic carbocycles. The number of nitrogens with zero attached hydrogens (tertiary/aromatic N) is 3. The van der Waals surface area contributed by atoms with Gasteiger partial charge in [-0.2, -0.15) is 13.2 Å². The first kappa shape index (κ1) is 22.3. The number of hydrogen-bond acceptors (Lipinski definition) is 5. The number of hydrogen-bond donors (Lipinski definition) is 1. The number of nitrogens with two attached hydrogens (primary N) is 1. The Morgan fingerprint density at radius 1 is 1.21 bits per heavy atom. The highest BCUT2D eigenvalue weighted by atomic mass is 19.4. The average molecular weight is 410 g/mol. The third-order valence-electron chi connectivity index (χ3n) is 4.27. The molecule has 1 heterocycles. The Morgan fingerprint density at radius 2 is 1.93 bits per heavy atom. The maximum Gasteiger partial charge on any atom is 0.437 e. The van der Waals surface area contributed by atoms with Crippen molar-refractivity contribution in [3.8, 4) is 11.3 Å². The molecule has 29 heavy (non-hydrogen) atoms. The first-order valence-electron chi connectivity index (χ1n) is 9.04. The van der Waals surface area contributed by atoms with E-state index >= 15 is 0 Å². The fourth-order valence-corrected chi connectivity index (χ4v) is 2.69. The number of benzene rings is 1. The van der Waals surface area contributed by atoms with E-state index in [9.17, 15) is 22.4 Å². The van der Waals surface area contributed by atoms with E-state index in [0.717, 1.165) is 38.1 Å². The number of carbonyl (C=O) groups excluding carboxylic acids is 1. The second-order valence-corrected chi connectivity index (χ2v) is 6.57. The van der Waals surface area contributed by atoms with Gasteiger partial charge in [-0.3, -0.25) is 4.79 Å². The molecule has 2 rings (SSSR count). The number of rotatable bonds is 8. The summed E-state index contributed by atoms with van der Waals surface area (Å²) >= 11 is 0. The maximum atomic E-state index is 14.4. The molecule has 5 nitrogen and oxygen atoms in total. The molecular formula is C20H22F4N4O. The molecule has 0 aliphatic carbocycles. The molecule has 0 spiro atoms. The second kappa shape index (κ2) is 9.49. The fourth-order valence-electron chi connectivity index (χ4n) is 2.69. The molecule has 9 heteroatoms. The number of unbranched alkanes of at least 4 members (excludes halogenated alkanes) is 2. The molecule has 0 aliphatic heterocycles. The molecule has 2 aromatic rings. The van der Waals surface area contributed by atoms with Gasteiger partial charge in [-0.25, -0.2) is 14.4 Å². The SMILES string of the molecule is CCCCCN(C)/C=C\c1cc(-c2cnc(C(F)(F)F)c(N)n2)c(F)cc1C=O. The average Bonchev–Trinajstić information content (AvgIpc) is 2.65. The zero-order chi connectivity index (χ0) is 21.6. The van der Waals surface area contributed by atoms with Crippen LogP contribution in [0.3, 0.4) is 0 Å². The summed E-state index contributed by atoms with van der Waals surface area (Å²) in [7, 11) is 1.87. The van der Waals surface area contributed by atoms with Crippen LogP contribution in [0.15, 0.2) is 24.5 Å². The lowest BCUT2D eigenvalue weighted by Gasteiger charge is -2.14. The molecule has 0 saturated heterocycles. The van der Waals surface area contributed by atoms with Gasteiger partial charge in [-0.1, -0.05) is 19.8 Å². The summed E-state index contributed by atoms with van der Waals surface area (Å²) in [6, 6.07) is 2.35. The van der Waals surface area contributed by atoms with Crippen molar-refractivity contribution in [1.29, 1.82) is 0 Å². The van der Waals surface area contributed by atoms with Crippen LogP contribution in [0.4, 0.5) is 23.4 Å². The number of carbonyl (C=O) groups is 1. The molecule has 156 valence electrons. The molecule has 0 atom stereocenters. The van der Waals surface area contributed by atoms with Gasteiger partial charge in [-0.15, -0.1) is 0 Å². The number of aldehydes is 1.